The van der Waals surface area contributed by atoms with Crippen molar-refractivity contribution in [3.63, 3.8) is 0 Å². The molecule has 1 heterocycles. The molecule has 0 saturated heterocycles. The number of urea groups is 2. The van der Waals surface area contributed by atoms with E-state index in [1.807, 2.05) is 30.3 Å². The summed E-state index contributed by atoms with van der Waals surface area (Å²) in [5.74, 6) is 0. The molecule has 0 unspecified atom stereocenters. The lowest BCUT2D eigenvalue weighted by atomic mass is 9.85. The van der Waals surface area contributed by atoms with Gasteiger partial charge in [-0.1, -0.05) is 63.2 Å². The fourth-order valence-corrected chi connectivity index (χ4v) is 3.10. The molecular formula is C22H28N4O2. The maximum atomic E-state index is 12.2. The molecule has 4 amide bonds. The molecule has 148 valence electrons. The average Bonchev–Trinajstić information content (AvgIpc) is 2.66. The van der Waals surface area contributed by atoms with Crippen LogP contribution in [-0.2, 0) is 31.6 Å². The molecule has 4 bridgehead atoms. The highest BCUT2D eigenvalue weighted by Crippen LogP contribution is 2.24. The molecule has 0 aromatic heterocycles. The lowest BCUT2D eigenvalue weighted by Crippen LogP contribution is -2.36. The standard InChI is InChI=1S/C22H28N4O2/c1-22(2,3)19-9-17-8-18(10-19)14-26-21(28)24-12-16-6-4-5-15(7-16)11-23-20(27)25-13-17/h4-10H,11-14H2,1-3H3,(H2,23,25,27)(H2,24,26,28). The lowest BCUT2D eigenvalue weighted by molar-refractivity contribution is 0.239. The Bertz CT molecular complexity index is 814. The van der Waals surface area contributed by atoms with Crippen molar-refractivity contribution in [1.82, 2.24) is 21.3 Å². The first-order valence-electron chi connectivity index (χ1n) is 9.54. The molecule has 6 heteroatoms. The minimum absolute atomic E-state index is 0.0289. The van der Waals surface area contributed by atoms with Crippen LogP contribution in [0.5, 0.6) is 0 Å². The molecule has 28 heavy (non-hydrogen) atoms. The van der Waals surface area contributed by atoms with Gasteiger partial charge in [-0.05, 0) is 33.2 Å². The molecule has 4 N–H and O–H groups in total. The van der Waals surface area contributed by atoms with Crippen LogP contribution in [0.1, 0.15) is 48.6 Å². The molecule has 0 radical (unpaired) electrons. The Hall–Kier alpha value is -3.02. The fourth-order valence-electron chi connectivity index (χ4n) is 3.10. The topological polar surface area (TPSA) is 82.3 Å². The summed E-state index contributed by atoms with van der Waals surface area (Å²) in [6, 6.07) is 13.6. The number of hydrogen-bond donors (Lipinski definition) is 4. The molecule has 0 aliphatic carbocycles. The van der Waals surface area contributed by atoms with Gasteiger partial charge in [0.15, 0.2) is 0 Å². The van der Waals surface area contributed by atoms with Gasteiger partial charge in [-0.15, -0.1) is 0 Å². The summed E-state index contributed by atoms with van der Waals surface area (Å²) in [5.41, 5.74) is 5.12. The molecule has 6 nitrogen and oxygen atoms in total. The van der Waals surface area contributed by atoms with E-state index in [-0.39, 0.29) is 17.5 Å². The summed E-state index contributed by atoms with van der Waals surface area (Å²) in [4.78, 5) is 24.4. The van der Waals surface area contributed by atoms with Crippen LogP contribution in [0.4, 0.5) is 9.59 Å². The Kier molecular flexibility index (Phi) is 5.87. The summed E-state index contributed by atoms with van der Waals surface area (Å²) >= 11 is 0. The van der Waals surface area contributed by atoms with Crippen molar-refractivity contribution < 1.29 is 9.59 Å². The van der Waals surface area contributed by atoms with E-state index in [1.165, 1.54) is 5.56 Å². The number of fused-ring (bicyclic) bond motifs is 4. The van der Waals surface area contributed by atoms with Gasteiger partial charge in [0.05, 0.1) is 0 Å². The third-order valence-corrected chi connectivity index (χ3v) is 4.72. The number of benzene rings is 2. The van der Waals surface area contributed by atoms with Crippen LogP contribution in [0.25, 0.3) is 0 Å². The van der Waals surface area contributed by atoms with Gasteiger partial charge >= 0.3 is 12.1 Å². The van der Waals surface area contributed by atoms with E-state index < -0.39 is 0 Å². The van der Waals surface area contributed by atoms with E-state index in [1.54, 1.807) is 0 Å². The molecule has 1 aliphatic rings. The number of amides is 4. The van der Waals surface area contributed by atoms with E-state index in [4.69, 9.17) is 0 Å². The Morgan fingerprint density at radius 3 is 1.46 bits per heavy atom. The Balaban J connectivity index is 1.84. The highest BCUT2D eigenvalue weighted by Gasteiger charge is 2.16. The van der Waals surface area contributed by atoms with Gasteiger partial charge in [0, 0.05) is 26.2 Å². The van der Waals surface area contributed by atoms with Gasteiger partial charge in [0.2, 0.25) is 0 Å². The van der Waals surface area contributed by atoms with Crippen molar-refractivity contribution in [2.45, 2.75) is 52.4 Å². The summed E-state index contributed by atoms with van der Waals surface area (Å²) in [7, 11) is 0. The number of nitrogens with one attached hydrogen (secondary N) is 4. The van der Waals surface area contributed by atoms with Gasteiger partial charge < -0.3 is 21.3 Å². The highest BCUT2D eigenvalue weighted by molar-refractivity contribution is 5.74. The molecule has 0 atom stereocenters. The van der Waals surface area contributed by atoms with Crippen molar-refractivity contribution in [3.05, 3.63) is 70.3 Å². The van der Waals surface area contributed by atoms with E-state index in [9.17, 15) is 9.59 Å². The summed E-state index contributed by atoms with van der Waals surface area (Å²) in [6.45, 7) is 8.16. The minimum Gasteiger partial charge on any atom is -0.334 e. The van der Waals surface area contributed by atoms with Crippen LogP contribution in [0, 0.1) is 0 Å². The Morgan fingerprint density at radius 1 is 0.643 bits per heavy atom. The maximum absolute atomic E-state index is 12.2. The third-order valence-electron chi connectivity index (χ3n) is 4.72. The number of carbonyl (C=O) groups excluding carboxylic acids is 2. The van der Waals surface area contributed by atoms with Gasteiger partial charge in [0.1, 0.15) is 0 Å². The van der Waals surface area contributed by atoms with Crippen LogP contribution in [-0.4, -0.2) is 12.1 Å². The summed E-state index contributed by atoms with van der Waals surface area (Å²) < 4.78 is 0. The van der Waals surface area contributed by atoms with Crippen LogP contribution >= 0.6 is 0 Å². The molecule has 3 rings (SSSR count). The van der Waals surface area contributed by atoms with Crippen LogP contribution < -0.4 is 21.3 Å². The highest BCUT2D eigenvalue weighted by atomic mass is 16.2. The maximum Gasteiger partial charge on any atom is 0.315 e. The van der Waals surface area contributed by atoms with Crippen LogP contribution in [0.3, 0.4) is 0 Å². The summed E-state index contributed by atoms with van der Waals surface area (Å²) in [5, 5.41) is 11.6. The van der Waals surface area contributed by atoms with Crippen molar-refractivity contribution in [1.29, 1.82) is 0 Å². The molecule has 1 aliphatic heterocycles. The van der Waals surface area contributed by atoms with Crippen LogP contribution in [0.15, 0.2) is 42.5 Å². The zero-order valence-corrected chi connectivity index (χ0v) is 16.7. The van der Waals surface area contributed by atoms with Gasteiger partial charge in [0.25, 0.3) is 0 Å². The normalized spacial score (nSPS) is 15.7. The zero-order chi connectivity index (χ0) is 20.1. The van der Waals surface area contributed by atoms with E-state index in [0.29, 0.717) is 26.2 Å². The molecule has 0 fully saturated rings. The first-order chi connectivity index (χ1) is 13.3. The molecular weight excluding hydrogens is 352 g/mol. The number of hydrogen-bond acceptors (Lipinski definition) is 2. The third kappa shape index (κ3) is 5.49. The first kappa shape index (κ1) is 19.7. The molecule has 0 spiro atoms. The number of rotatable bonds is 0. The van der Waals surface area contributed by atoms with Crippen molar-refractivity contribution in [2.24, 2.45) is 0 Å². The first-order valence-corrected chi connectivity index (χ1v) is 9.54. The van der Waals surface area contributed by atoms with Crippen molar-refractivity contribution in [3.8, 4) is 0 Å². The Morgan fingerprint density at radius 2 is 1.04 bits per heavy atom. The van der Waals surface area contributed by atoms with E-state index in [2.05, 4.69) is 54.2 Å². The average molecular weight is 380 g/mol. The van der Waals surface area contributed by atoms with E-state index >= 15 is 0 Å². The lowest BCUT2D eigenvalue weighted by Gasteiger charge is -2.22. The zero-order valence-electron chi connectivity index (χ0n) is 16.7. The predicted molar refractivity (Wildman–Crippen MR) is 110 cm³/mol. The van der Waals surface area contributed by atoms with E-state index in [0.717, 1.165) is 22.3 Å². The molecule has 2 aromatic rings. The summed E-state index contributed by atoms with van der Waals surface area (Å²) in [6.07, 6.45) is 0. The molecule has 2 aromatic carbocycles. The predicted octanol–water partition coefficient (Wildman–Crippen LogP) is 3.30. The van der Waals surface area contributed by atoms with Crippen LogP contribution in [0.2, 0.25) is 0 Å². The second-order valence-electron chi connectivity index (χ2n) is 8.18. The second-order valence-corrected chi connectivity index (χ2v) is 8.18. The van der Waals surface area contributed by atoms with Crippen molar-refractivity contribution in [2.75, 3.05) is 0 Å². The van der Waals surface area contributed by atoms with Gasteiger partial charge in [-0.2, -0.15) is 0 Å². The molecule has 0 saturated carbocycles. The number of carbonyl (C=O) groups is 2. The van der Waals surface area contributed by atoms with Gasteiger partial charge in [-0.3, -0.25) is 0 Å². The largest absolute Gasteiger partial charge is 0.334 e. The monoisotopic (exact) mass is 380 g/mol. The smallest absolute Gasteiger partial charge is 0.315 e. The SMILES string of the molecule is CC(C)(C)c1cc2cc(c1)CNC(=O)NCc1cccc(c1)CNC(=O)NC2. The fraction of sp³-hybridized carbons (Fsp3) is 0.364. The van der Waals surface area contributed by atoms with Crippen molar-refractivity contribution >= 4 is 12.1 Å². The quantitative estimate of drug-likeness (QED) is 0.566. The second kappa shape index (κ2) is 8.33. The minimum atomic E-state index is -0.202. The Labute approximate surface area is 166 Å². The van der Waals surface area contributed by atoms with Gasteiger partial charge in [-0.25, -0.2) is 9.59 Å².